The van der Waals surface area contributed by atoms with Crippen LogP contribution < -0.4 is 10.5 Å². The van der Waals surface area contributed by atoms with Crippen molar-refractivity contribution in [2.45, 2.75) is 26.3 Å². The van der Waals surface area contributed by atoms with Crippen molar-refractivity contribution in [3.05, 3.63) is 58.1 Å². The molecule has 3 heteroatoms. The highest BCUT2D eigenvalue weighted by Gasteiger charge is 2.06. The predicted molar refractivity (Wildman–Crippen MR) is 82.6 cm³/mol. The second-order valence-corrected chi connectivity index (χ2v) is 5.44. The Hall–Kier alpha value is -1.32. The van der Waals surface area contributed by atoms with Gasteiger partial charge in [-0.3, -0.25) is 0 Å². The number of nitrogens with two attached hydrogens (primary N) is 1. The van der Waals surface area contributed by atoms with E-state index in [-0.39, 0.29) is 6.04 Å². The zero-order chi connectivity index (χ0) is 13.8. The normalized spacial score (nSPS) is 12.2. The topological polar surface area (TPSA) is 35.2 Å². The van der Waals surface area contributed by atoms with E-state index in [2.05, 4.69) is 35.0 Å². The lowest BCUT2D eigenvalue weighted by molar-refractivity contribution is 0.478. The van der Waals surface area contributed by atoms with Gasteiger partial charge in [-0.1, -0.05) is 25.1 Å². The monoisotopic (exact) mass is 319 g/mol. The van der Waals surface area contributed by atoms with Gasteiger partial charge >= 0.3 is 0 Å². The van der Waals surface area contributed by atoms with E-state index < -0.39 is 0 Å². The van der Waals surface area contributed by atoms with Crippen LogP contribution in [0, 0.1) is 0 Å². The lowest BCUT2D eigenvalue weighted by Gasteiger charge is -2.11. The summed E-state index contributed by atoms with van der Waals surface area (Å²) in [7, 11) is 0. The molecule has 0 bridgehead atoms. The predicted octanol–water partition coefficient (Wildman–Crippen LogP) is 4.82. The molecule has 1 atom stereocenters. The molecule has 100 valence electrons. The van der Waals surface area contributed by atoms with Crippen molar-refractivity contribution in [3.63, 3.8) is 0 Å². The molecule has 0 spiro atoms. The van der Waals surface area contributed by atoms with Gasteiger partial charge < -0.3 is 10.5 Å². The first-order valence-electron chi connectivity index (χ1n) is 6.42. The molecule has 0 aliphatic carbocycles. The smallest absolute Gasteiger partial charge is 0.141 e. The Labute approximate surface area is 122 Å². The molecule has 2 aromatic carbocycles. The summed E-state index contributed by atoms with van der Waals surface area (Å²) in [6.07, 6.45) is 1.00. The van der Waals surface area contributed by atoms with Crippen LogP contribution in [-0.4, -0.2) is 0 Å². The first-order chi connectivity index (χ1) is 9.10. The lowest BCUT2D eigenvalue weighted by atomic mass is 10.1. The average molecular weight is 320 g/mol. The molecule has 0 heterocycles. The second-order valence-electron chi connectivity index (χ2n) is 4.58. The Morgan fingerprint density at radius 2 is 2.00 bits per heavy atom. The van der Waals surface area contributed by atoms with Gasteiger partial charge in [0.05, 0.1) is 4.47 Å². The quantitative estimate of drug-likeness (QED) is 0.876. The molecule has 2 aromatic rings. The molecule has 0 fully saturated rings. The minimum absolute atomic E-state index is 0.0220. The maximum Gasteiger partial charge on any atom is 0.141 e. The third kappa shape index (κ3) is 3.58. The van der Waals surface area contributed by atoms with Crippen molar-refractivity contribution < 1.29 is 4.74 Å². The van der Waals surface area contributed by atoms with E-state index in [9.17, 15) is 0 Å². The average Bonchev–Trinajstić information content (AvgIpc) is 2.41. The van der Waals surface area contributed by atoms with Crippen LogP contribution in [0.4, 0.5) is 0 Å². The number of aryl methyl sites for hydroxylation is 1. The largest absolute Gasteiger partial charge is 0.456 e. The first kappa shape index (κ1) is 14.1. The number of benzene rings is 2. The summed E-state index contributed by atoms with van der Waals surface area (Å²) in [6, 6.07) is 14.1. The third-order valence-electron chi connectivity index (χ3n) is 3.02. The minimum atomic E-state index is 0.0220. The van der Waals surface area contributed by atoms with Gasteiger partial charge in [0, 0.05) is 6.04 Å². The highest BCUT2D eigenvalue weighted by atomic mass is 79.9. The molecule has 0 amide bonds. The van der Waals surface area contributed by atoms with Gasteiger partial charge in [-0.05, 0) is 64.7 Å². The van der Waals surface area contributed by atoms with Gasteiger partial charge in [0.15, 0.2) is 0 Å². The van der Waals surface area contributed by atoms with Crippen LogP contribution in [0.2, 0.25) is 0 Å². The molecule has 0 aliphatic rings. The number of rotatable bonds is 4. The van der Waals surface area contributed by atoms with Crippen molar-refractivity contribution in [1.82, 2.24) is 0 Å². The fourth-order valence-electron chi connectivity index (χ4n) is 1.84. The highest BCUT2D eigenvalue weighted by Crippen LogP contribution is 2.32. The maximum atomic E-state index is 5.90. The fourth-order valence-corrected chi connectivity index (χ4v) is 2.32. The van der Waals surface area contributed by atoms with E-state index in [1.165, 1.54) is 5.56 Å². The van der Waals surface area contributed by atoms with E-state index in [1.54, 1.807) is 0 Å². The van der Waals surface area contributed by atoms with Gasteiger partial charge in [0.2, 0.25) is 0 Å². The van der Waals surface area contributed by atoms with E-state index >= 15 is 0 Å². The molecule has 2 rings (SSSR count). The lowest BCUT2D eigenvalue weighted by Crippen LogP contribution is -2.04. The Bertz CT molecular complexity index is 566. The van der Waals surface area contributed by atoms with Gasteiger partial charge in [0.25, 0.3) is 0 Å². The summed E-state index contributed by atoms with van der Waals surface area (Å²) in [6.45, 7) is 4.10. The second kappa shape index (κ2) is 6.22. The zero-order valence-corrected chi connectivity index (χ0v) is 12.8. The Morgan fingerprint density at radius 1 is 1.21 bits per heavy atom. The molecule has 2 nitrogen and oxygen atoms in total. The van der Waals surface area contributed by atoms with Crippen LogP contribution in [0.25, 0.3) is 0 Å². The summed E-state index contributed by atoms with van der Waals surface area (Å²) in [5, 5.41) is 0. The minimum Gasteiger partial charge on any atom is -0.456 e. The van der Waals surface area contributed by atoms with Crippen LogP contribution >= 0.6 is 15.9 Å². The number of hydrogen-bond donors (Lipinski definition) is 1. The van der Waals surface area contributed by atoms with Gasteiger partial charge in [-0.15, -0.1) is 0 Å². The standard InChI is InChI=1S/C16H18BrNO/c1-3-12-5-4-6-14(9-12)19-16-8-7-13(11(2)18)10-15(16)17/h4-11H,3,18H2,1-2H3. The van der Waals surface area contributed by atoms with E-state index in [4.69, 9.17) is 10.5 Å². The zero-order valence-electron chi connectivity index (χ0n) is 11.2. The van der Waals surface area contributed by atoms with Crippen molar-refractivity contribution in [2.75, 3.05) is 0 Å². The van der Waals surface area contributed by atoms with Crippen LogP contribution in [0.15, 0.2) is 46.9 Å². The molecule has 0 aromatic heterocycles. The molecule has 0 saturated heterocycles. The van der Waals surface area contributed by atoms with Crippen LogP contribution in [0.5, 0.6) is 11.5 Å². The molecular formula is C16H18BrNO. The Balaban J connectivity index is 2.23. The number of ether oxygens (including phenoxy) is 1. The molecule has 0 radical (unpaired) electrons. The summed E-state index contributed by atoms with van der Waals surface area (Å²) < 4.78 is 6.82. The van der Waals surface area contributed by atoms with Crippen molar-refractivity contribution in [2.24, 2.45) is 5.73 Å². The molecule has 0 aliphatic heterocycles. The van der Waals surface area contributed by atoms with Gasteiger partial charge in [-0.25, -0.2) is 0 Å². The number of halogens is 1. The first-order valence-corrected chi connectivity index (χ1v) is 7.21. The molecule has 2 N–H and O–H groups in total. The van der Waals surface area contributed by atoms with E-state index in [0.717, 1.165) is 28.0 Å². The van der Waals surface area contributed by atoms with E-state index in [0.29, 0.717) is 0 Å². The van der Waals surface area contributed by atoms with Crippen LogP contribution in [0.1, 0.15) is 31.0 Å². The summed E-state index contributed by atoms with van der Waals surface area (Å²) >= 11 is 3.53. The van der Waals surface area contributed by atoms with E-state index in [1.807, 2.05) is 37.3 Å². The maximum absolute atomic E-state index is 5.90. The van der Waals surface area contributed by atoms with Crippen LogP contribution in [0.3, 0.4) is 0 Å². The molecule has 0 saturated carbocycles. The van der Waals surface area contributed by atoms with Crippen molar-refractivity contribution in [3.8, 4) is 11.5 Å². The molecule has 19 heavy (non-hydrogen) atoms. The summed E-state index contributed by atoms with van der Waals surface area (Å²) in [5.74, 6) is 1.66. The Kier molecular flexibility index (Phi) is 4.61. The highest BCUT2D eigenvalue weighted by molar-refractivity contribution is 9.10. The third-order valence-corrected chi connectivity index (χ3v) is 3.64. The summed E-state index contributed by atoms with van der Waals surface area (Å²) in [4.78, 5) is 0. The molecule has 1 unspecified atom stereocenters. The van der Waals surface area contributed by atoms with Crippen molar-refractivity contribution >= 4 is 15.9 Å². The van der Waals surface area contributed by atoms with Crippen LogP contribution in [-0.2, 0) is 6.42 Å². The number of hydrogen-bond acceptors (Lipinski definition) is 2. The SMILES string of the molecule is CCc1cccc(Oc2ccc(C(C)N)cc2Br)c1. The van der Waals surface area contributed by atoms with Gasteiger partial charge in [0.1, 0.15) is 11.5 Å². The van der Waals surface area contributed by atoms with Crippen molar-refractivity contribution in [1.29, 1.82) is 0 Å². The van der Waals surface area contributed by atoms with Gasteiger partial charge in [-0.2, -0.15) is 0 Å². The fraction of sp³-hybridized carbons (Fsp3) is 0.250. The Morgan fingerprint density at radius 3 is 2.63 bits per heavy atom. The summed E-state index contributed by atoms with van der Waals surface area (Å²) in [5.41, 5.74) is 8.21. The molecular weight excluding hydrogens is 302 g/mol.